The second-order valence-corrected chi connectivity index (χ2v) is 11.7. The third kappa shape index (κ3) is 6.36. The number of aryl methyl sites for hydroxylation is 1. The number of aliphatic hydroxyl groups excluding tert-OH is 1. The molecule has 2 aromatic rings. The molecule has 0 saturated carbocycles. The number of aromatic amines is 1. The van der Waals surface area contributed by atoms with E-state index in [0.29, 0.717) is 0 Å². The molecule has 36 heavy (non-hydrogen) atoms. The molecule has 3 unspecified atom stereocenters. The van der Waals surface area contributed by atoms with Crippen molar-refractivity contribution in [1.82, 2.24) is 14.5 Å². The topological polar surface area (TPSA) is 260 Å². The number of nitrogens with zero attached hydrogens (tertiary/aromatic N) is 2. The summed E-state index contributed by atoms with van der Waals surface area (Å²) in [7, 11) is -17.0. The van der Waals surface area contributed by atoms with Gasteiger partial charge in [-0.3, -0.25) is 9.32 Å². The van der Waals surface area contributed by atoms with Crippen LogP contribution >= 0.6 is 23.5 Å². The van der Waals surface area contributed by atoms with E-state index in [9.17, 15) is 42.9 Å². The van der Waals surface area contributed by atoms with Crippen LogP contribution in [0.3, 0.4) is 0 Å². The predicted octanol–water partition coefficient (Wildman–Crippen LogP) is -0.661. The Kier molecular flexibility index (Phi) is 8.12. The lowest BCUT2D eigenvalue weighted by molar-refractivity contribution is -0.0716. The van der Waals surface area contributed by atoms with E-state index >= 15 is 0 Å². The van der Waals surface area contributed by atoms with E-state index in [-0.39, 0.29) is 16.9 Å². The van der Waals surface area contributed by atoms with E-state index in [4.69, 9.17) is 14.5 Å². The first-order chi connectivity index (χ1) is 16.5. The molecule has 1 fully saturated rings. The van der Waals surface area contributed by atoms with Crippen molar-refractivity contribution >= 4 is 34.5 Å². The summed E-state index contributed by atoms with van der Waals surface area (Å²) in [4.78, 5) is 54.7. The van der Waals surface area contributed by atoms with Crippen LogP contribution in [0.5, 0.6) is 0 Å². The molecule has 6 atom stereocenters. The zero-order valence-corrected chi connectivity index (χ0v) is 20.5. The zero-order chi connectivity index (χ0) is 27.1. The molecule has 1 saturated heterocycles. The number of hydrogen-bond donors (Lipinski definition) is 7. The van der Waals surface area contributed by atoms with E-state index in [0.717, 1.165) is 4.57 Å². The Morgan fingerprint density at radius 1 is 1.25 bits per heavy atom. The lowest BCUT2D eigenvalue weighted by Gasteiger charge is -2.26. The first-order valence-electron chi connectivity index (χ1n) is 9.46. The second kappa shape index (κ2) is 10.2. The average Bonchev–Trinajstić information content (AvgIpc) is 3.22. The van der Waals surface area contributed by atoms with Crippen molar-refractivity contribution in [3.8, 4) is 11.8 Å². The molecule has 0 spiro atoms. The number of phosphoric acid groups is 3. The van der Waals surface area contributed by atoms with Gasteiger partial charge in [-0.05, 0) is 13.0 Å². The van der Waals surface area contributed by atoms with Gasteiger partial charge in [0.15, 0.2) is 11.8 Å². The Labute approximate surface area is 199 Å². The van der Waals surface area contributed by atoms with Gasteiger partial charge in [-0.1, -0.05) is 11.8 Å². The van der Waals surface area contributed by atoms with Crippen LogP contribution in [0.1, 0.15) is 12.1 Å². The first kappa shape index (κ1) is 28.8. The van der Waals surface area contributed by atoms with Gasteiger partial charge in [0.1, 0.15) is 30.4 Å². The quantitative estimate of drug-likeness (QED) is 0.152. The minimum absolute atomic E-state index is 0.0255. The van der Waals surface area contributed by atoms with E-state index in [1.165, 1.54) is 19.2 Å². The first-order valence-corrected chi connectivity index (χ1v) is 14.0. The smallest absolute Gasteiger partial charge is 0.386 e. The van der Waals surface area contributed by atoms with E-state index in [1.807, 2.05) is 5.92 Å². The Morgan fingerprint density at radius 2 is 1.92 bits per heavy atom. The molecular weight excluding hydrogens is 558 g/mol. The highest BCUT2D eigenvalue weighted by Crippen LogP contribution is 2.66. The molecule has 2 aromatic heterocycles. The van der Waals surface area contributed by atoms with Crippen LogP contribution in [0.25, 0.3) is 11.0 Å². The highest BCUT2D eigenvalue weighted by molar-refractivity contribution is 7.66. The van der Waals surface area contributed by atoms with E-state index in [1.54, 1.807) is 0 Å². The largest absolute Gasteiger partial charge is 0.490 e. The van der Waals surface area contributed by atoms with Crippen molar-refractivity contribution in [1.29, 1.82) is 0 Å². The Morgan fingerprint density at radius 3 is 2.53 bits per heavy atom. The molecule has 3 heterocycles. The standard InChI is InChI=1S/C15H19FN3O14P3/c1-8-17-12-9(13(21)18-8)3-6-19(12)14-15(22,4-2-5-16)11(20)10(31-14)7-30-35(26,27)33-36(28,29)32-34(23,24)25/h3,6,10-11,14,20,22H,5,7H2,1H3,(H,26,27)(H,28,29)(H,17,18,21)(H2,23,24,25)/t10-,11+,14-,15?/m1/s1. The van der Waals surface area contributed by atoms with Crippen LogP contribution < -0.4 is 5.56 Å². The predicted molar refractivity (Wildman–Crippen MR) is 114 cm³/mol. The van der Waals surface area contributed by atoms with Crippen LogP contribution in [0.4, 0.5) is 4.39 Å². The molecule has 21 heteroatoms. The van der Waals surface area contributed by atoms with Gasteiger partial charge in [-0.2, -0.15) is 8.62 Å². The Balaban J connectivity index is 1.89. The number of ether oxygens (including phenoxy) is 1. The van der Waals surface area contributed by atoms with Crippen molar-refractivity contribution in [3.05, 3.63) is 28.4 Å². The van der Waals surface area contributed by atoms with Gasteiger partial charge in [0.25, 0.3) is 5.56 Å². The van der Waals surface area contributed by atoms with Crippen LogP contribution in [0.15, 0.2) is 17.1 Å². The van der Waals surface area contributed by atoms with Gasteiger partial charge >= 0.3 is 23.5 Å². The molecule has 1 aliphatic heterocycles. The number of fused-ring (bicyclic) bond motifs is 1. The maximum Gasteiger partial charge on any atom is 0.490 e. The second-order valence-electron chi connectivity index (χ2n) is 7.23. The fourth-order valence-electron chi connectivity index (χ4n) is 3.30. The van der Waals surface area contributed by atoms with Gasteiger partial charge < -0.3 is 44.1 Å². The van der Waals surface area contributed by atoms with Crippen LogP contribution in [-0.2, 0) is 31.6 Å². The van der Waals surface area contributed by atoms with Gasteiger partial charge in [-0.25, -0.2) is 23.1 Å². The van der Waals surface area contributed by atoms with Gasteiger partial charge in [-0.15, -0.1) is 0 Å². The van der Waals surface area contributed by atoms with Crippen molar-refractivity contribution in [2.24, 2.45) is 0 Å². The fourth-order valence-corrected chi connectivity index (χ4v) is 6.33. The SMILES string of the molecule is Cc1nc2c(ccn2[C@@H]2O[C@H](COP(=O)(O)OP(=O)(O)OP(=O)(O)O)[C@H](O)C2(O)C#CCF)c(=O)[nH]1. The molecule has 1 aliphatic rings. The monoisotopic (exact) mass is 577 g/mol. The highest BCUT2D eigenvalue weighted by atomic mass is 31.3. The van der Waals surface area contributed by atoms with Crippen molar-refractivity contribution in [2.75, 3.05) is 13.3 Å². The molecule has 0 aromatic carbocycles. The summed E-state index contributed by atoms with van der Waals surface area (Å²) < 4.78 is 65.1. The summed E-state index contributed by atoms with van der Waals surface area (Å²) >= 11 is 0. The third-order valence-corrected chi connectivity index (χ3v) is 8.41. The number of alkyl halides is 1. The normalized spacial score (nSPS) is 27.8. The summed E-state index contributed by atoms with van der Waals surface area (Å²) in [6.45, 7) is -0.909. The summed E-state index contributed by atoms with van der Waals surface area (Å²) in [6, 6.07) is 1.30. The number of phosphoric ester groups is 1. The van der Waals surface area contributed by atoms with E-state index in [2.05, 4.69) is 29.0 Å². The maximum atomic E-state index is 12.7. The molecule has 0 amide bonds. The average molecular weight is 577 g/mol. The molecular formula is C15H19FN3O14P3. The fraction of sp³-hybridized carbons (Fsp3) is 0.467. The molecule has 0 radical (unpaired) electrons. The van der Waals surface area contributed by atoms with Crippen LogP contribution in [0, 0.1) is 18.8 Å². The maximum absolute atomic E-state index is 12.7. The number of H-pyrrole nitrogens is 1. The number of nitrogens with one attached hydrogen (secondary N) is 1. The summed E-state index contributed by atoms with van der Waals surface area (Å²) in [5, 5.41) is 21.8. The zero-order valence-electron chi connectivity index (χ0n) is 17.9. The number of rotatable bonds is 8. The number of aromatic nitrogens is 3. The van der Waals surface area contributed by atoms with Crippen molar-refractivity contribution in [3.63, 3.8) is 0 Å². The van der Waals surface area contributed by atoms with E-state index < -0.39 is 66.3 Å². The Bertz CT molecular complexity index is 1410. The number of hydrogen-bond acceptors (Lipinski definition) is 11. The van der Waals surface area contributed by atoms with Crippen molar-refractivity contribution < 1.29 is 65.8 Å². The summed E-state index contributed by atoms with van der Waals surface area (Å²) in [5.74, 6) is 4.20. The summed E-state index contributed by atoms with van der Waals surface area (Å²) in [6.07, 6.45) is -4.21. The minimum Gasteiger partial charge on any atom is -0.386 e. The number of halogens is 1. The molecule has 0 aliphatic carbocycles. The molecule has 3 rings (SSSR count). The number of aliphatic hydroxyl groups is 2. The third-order valence-electron chi connectivity index (χ3n) is 4.61. The molecule has 7 N–H and O–H groups in total. The molecule has 0 bridgehead atoms. The lowest BCUT2D eigenvalue weighted by atomic mass is 9.94. The summed E-state index contributed by atoms with van der Waals surface area (Å²) in [5.41, 5.74) is -3.15. The van der Waals surface area contributed by atoms with Crippen LogP contribution in [0.2, 0.25) is 0 Å². The minimum atomic E-state index is -5.80. The van der Waals surface area contributed by atoms with Gasteiger partial charge in [0.05, 0.1) is 12.0 Å². The molecule has 200 valence electrons. The molecule has 17 nitrogen and oxygen atoms in total. The van der Waals surface area contributed by atoms with Gasteiger partial charge in [0.2, 0.25) is 0 Å². The van der Waals surface area contributed by atoms with Gasteiger partial charge in [0, 0.05) is 6.20 Å². The lowest BCUT2D eigenvalue weighted by Crippen LogP contribution is -2.46. The van der Waals surface area contributed by atoms with Crippen molar-refractivity contribution in [2.45, 2.75) is 31.0 Å². The Hall–Kier alpha value is -1.80. The van der Waals surface area contributed by atoms with Crippen LogP contribution in [-0.4, -0.2) is 75.4 Å². The highest BCUT2D eigenvalue weighted by Gasteiger charge is 2.56.